The quantitative estimate of drug-likeness (QED) is 0.660. The van der Waals surface area contributed by atoms with Crippen LogP contribution >= 0.6 is 11.6 Å². The molecule has 0 saturated heterocycles. The number of benzene rings is 2. The van der Waals surface area contributed by atoms with Gasteiger partial charge in [0.05, 0.1) is 11.3 Å². The number of rotatable bonds is 3. The molecule has 3 aromatic rings. The standard InChI is InChI=1S/C16H10ClF3N2O2/c17-11-4-5-13-9(6-11)7-14(24-13)15(23)22-21-12-3-1-2-10(8-12)16(18,19)20/h1-8,21H,(H,22,23). The van der Waals surface area contributed by atoms with E-state index in [0.29, 0.717) is 16.0 Å². The third-order valence-electron chi connectivity index (χ3n) is 3.21. The Labute approximate surface area is 139 Å². The van der Waals surface area contributed by atoms with Crippen molar-refractivity contribution in [2.45, 2.75) is 6.18 Å². The average molecular weight is 355 g/mol. The van der Waals surface area contributed by atoms with Crippen molar-refractivity contribution in [3.05, 3.63) is 64.9 Å². The summed E-state index contributed by atoms with van der Waals surface area (Å²) < 4.78 is 43.3. The minimum Gasteiger partial charge on any atom is -0.451 e. The van der Waals surface area contributed by atoms with Crippen molar-refractivity contribution in [3.8, 4) is 0 Å². The maximum absolute atomic E-state index is 12.6. The molecule has 1 aromatic heterocycles. The molecule has 1 heterocycles. The smallest absolute Gasteiger partial charge is 0.416 e. The lowest BCUT2D eigenvalue weighted by Gasteiger charge is -2.10. The van der Waals surface area contributed by atoms with E-state index in [2.05, 4.69) is 10.9 Å². The number of hydrogen-bond acceptors (Lipinski definition) is 3. The fourth-order valence-electron chi connectivity index (χ4n) is 2.09. The number of amides is 1. The van der Waals surface area contributed by atoms with Crippen molar-refractivity contribution in [2.75, 3.05) is 5.43 Å². The van der Waals surface area contributed by atoms with Crippen LogP contribution in [0, 0.1) is 0 Å². The number of furan rings is 1. The van der Waals surface area contributed by atoms with Crippen LogP contribution in [0.3, 0.4) is 0 Å². The van der Waals surface area contributed by atoms with Crippen molar-refractivity contribution in [1.29, 1.82) is 0 Å². The molecule has 124 valence electrons. The number of fused-ring (bicyclic) bond motifs is 1. The third-order valence-corrected chi connectivity index (χ3v) is 3.45. The van der Waals surface area contributed by atoms with Crippen LogP contribution < -0.4 is 10.9 Å². The van der Waals surface area contributed by atoms with Gasteiger partial charge in [0.15, 0.2) is 5.76 Å². The number of anilines is 1. The van der Waals surface area contributed by atoms with Gasteiger partial charge < -0.3 is 4.42 Å². The molecular weight excluding hydrogens is 345 g/mol. The first-order chi connectivity index (χ1) is 11.3. The molecule has 0 unspecified atom stereocenters. The Kier molecular flexibility index (Phi) is 4.11. The van der Waals surface area contributed by atoms with Gasteiger partial charge in [0.25, 0.3) is 0 Å². The van der Waals surface area contributed by atoms with Gasteiger partial charge in [0.1, 0.15) is 5.58 Å². The molecule has 0 aliphatic rings. The average Bonchev–Trinajstić information content (AvgIpc) is 2.95. The highest BCUT2D eigenvalue weighted by Crippen LogP contribution is 2.30. The largest absolute Gasteiger partial charge is 0.451 e. The fraction of sp³-hybridized carbons (Fsp3) is 0.0625. The molecule has 4 nitrogen and oxygen atoms in total. The van der Waals surface area contributed by atoms with Crippen LogP contribution in [-0.2, 0) is 6.18 Å². The van der Waals surface area contributed by atoms with Crippen molar-refractivity contribution < 1.29 is 22.4 Å². The second-order valence-electron chi connectivity index (χ2n) is 4.95. The van der Waals surface area contributed by atoms with E-state index in [1.165, 1.54) is 18.2 Å². The van der Waals surface area contributed by atoms with Crippen LogP contribution in [0.5, 0.6) is 0 Å². The van der Waals surface area contributed by atoms with Gasteiger partial charge in [-0.3, -0.25) is 15.6 Å². The van der Waals surface area contributed by atoms with E-state index in [1.807, 2.05) is 0 Å². The minimum absolute atomic E-state index is 0.00624. The van der Waals surface area contributed by atoms with Crippen LogP contribution in [0.1, 0.15) is 16.1 Å². The number of carbonyl (C=O) groups excluding carboxylic acids is 1. The Balaban J connectivity index is 1.73. The SMILES string of the molecule is O=C(NNc1cccc(C(F)(F)F)c1)c1cc2cc(Cl)ccc2o1. The number of carbonyl (C=O) groups is 1. The number of halogens is 4. The van der Waals surface area contributed by atoms with Gasteiger partial charge >= 0.3 is 12.1 Å². The summed E-state index contributed by atoms with van der Waals surface area (Å²) >= 11 is 5.85. The van der Waals surface area contributed by atoms with Gasteiger partial charge in [-0.05, 0) is 42.5 Å². The first kappa shape index (κ1) is 16.2. The molecule has 0 fully saturated rings. The summed E-state index contributed by atoms with van der Waals surface area (Å²) in [6.45, 7) is 0. The zero-order valence-electron chi connectivity index (χ0n) is 11.9. The Morgan fingerprint density at radius 1 is 1.08 bits per heavy atom. The van der Waals surface area contributed by atoms with E-state index in [-0.39, 0.29) is 11.4 Å². The predicted molar refractivity (Wildman–Crippen MR) is 83.8 cm³/mol. The monoisotopic (exact) mass is 354 g/mol. The maximum atomic E-state index is 12.6. The summed E-state index contributed by atoms with van der Waals surface area (Å²) in [5.41, 5.74) is 4.46. The summed E-state index contributed by atoms with van der Waals surface area (Å²) in [6, 6.07) is 10.8. The molecule has 0 saturated carbocycles. The summed E-state index contributed by atoms with van der Waals surface area (Å²) in [5, 5.41) is 1.14. The van der Waals surface area contributed by atoms with Gasteiger partial charge in [0, 0.05) is 10.4 Å². The van der Waals surface area contributed by atoms with E-state index in [1.54, 1.807) is 18.2 Å². The molecule has 0 aliphatic carbocycles. The molecule has 3 rings (SSSR count). The highest BCUT2D eigenvalue weighted by atomic mass is 35.5. The van der Waals surface area contributed by atoms with Crippen LogP contribution in [-0.4, -0.2) is 5.91 Å². The molecular formula is C16H10ClF3N2O2. The molecule has 24 heavy (non-hydrogen) atoms. The Hall–Kier alpha value is -2.67. The summed E-state index contributed by atoms with van der Waals surface area (Å²) in [6.07, 6.45) is -4.46. The zero-order chi connectivity index (χ0) is 17.3. The topological polar surface area (TPSA) is 54.3 Å². The van der Waals surface area contributed by atoms with Crippen LogP contribution in [0.2, 0.25) is 5.02 Å². The zero-order valence-corrected chi connectivity index (χ0v) is 12.7. The van der Waals surface area contributed by atoms with E-state index >= 15 is 0 Å². The summed E-state index contributed by atoms with van der Waals surface area (Å²) in [5.74, 6) is -0.619. The number of hydrazine groups is 1. The van der Waals surface area contributed by atoms with Gasteiger partial charge in [0.2, 0.25) is 0 Å². The van der Waals surface area contributed by atoms with Crippen molar-refractivity contribution in [2.24, 2.45) is 0 Å². The van der Waals surface area contributed by atoms with Gasteiger partial charge in [-0.15, -0.1) is 0 Å². The van der Waals surface area contributed by atoms with E-state index in [9.17, 15) is 18.0 Å². The molecule has 0 aliphatic heterocycles. The highest BCUT2D eigenvalue weighted by Gasteiger charge is 2.30. The normalized spacial score (nSPS) is 11.5. The van der Waals surface area contributed by atoms with Crippen LogP contribution in [0.4, 0.5) is 18.9 Å². The fourth-order valence-corrected chi connectivity index (χ4v) is 2.27. The lowest BCUT2D eigenvalue weighted by molar-refractivity contribution is -0.137. The van der Waals surface area contributed by atoms with Crippen LogP contribution in [0.25, 0.3) is 11.0 Å². The third kappa shape index (κ3) is 3.46. The van der Waals surface area contributed by atoms with E-state index in [0.717, 1.165) is 12.1 Å². The molecule has 0 atom stereocenters. The van der Waals surface area contributed by atoms with E-state index in [4.69, 9.17) is 16.0 Å². The Bertz CT molecular complexity index is 906. The second-order valence-corrected chi connectivity index (χ2v) is 5.39. The molecule has 0 radical (unpaired) electrons. The first-order valence-corrected chi connectivity index (χ1v) is 7.13. The molecule has 1 amide bonds. The highest BCUT2D eigenvalue weighted by molar-refractivity contribution is 6.31. The molecule has 0 bridgehead atoms. The van der Waals surface area contributed by atoms with Crippen LogP contribution in [0.15, 0.2) is 52.9 Å². The van der Waals surface area contributed by atoms with Gasteiger partial charge in [-0.1, -0.05) is 17.7 Å². The molecule has 2 aromatic carbocycles. The number of nitrogens with one attached hydrogen (secondary N) is 2. The predicted octanol–water partition coefficient (Wildman–Crippen LogP) is 4.86. The Morgan fingerprint density at radius 2 is 1.88 bits per heavy atom. The van der Waals surface area contributed by atoms with Crippen molar-refractivity contribution >= 4 is 34.2 Å². The number of alkyl halides is 3. The van der Waals surface area contributed by atoms with E-state index < -0.39 is 17.6 Å². The number of hydrogen-bond donors (Lipinski definition) is 2. The van der Waals surface area contributed by atoms with Crippen molar-refractivity contribution in [1.82, 2.24) is 5.43 Å². The minimum atomic E-state index is -4.46. The Morgan fingerprint density at radius 3 is 2.62 bits per heavy atom. The molecule has 2 N–H and O–H groups in total. The van der Waals surface area contributed by atoms with Crippen molar-refractivity contribution in [3.63, 3.8) is 0 Å². The van der Waals surface area contributed by atoms with Gasteiger partial charge in [-0.25, -0.2) is 0 Å². The summed E-state index contributed by atoms with van der Waals surface area (Å²) in [7, 11) is 0. The lowest BCUT2D eigenvalue weighted by atomic mass is 10.2. The van der Waals surface area contributed by atoms with Gasteiger partial charge in [-0.2, -0.15) is 13.2 Å². The maximum Gasteiger partial charge on any atom is 0.416 e. The molecule has 8 heteroatoms. The second kappa shape index (κ2) is 6.09. The lowest BCUT2D eigenvalue weighted by Crippen LogP contribution is -2.29. The first-order valence-electron chi connectivity index (χ1n) is 6.76. The summed E-state index contributed by atoms with van der Waals surface area (Å²) in [4.78, 5) is 12.0. The molecule has 0 spiro atoms.